The van der Waals surface area contributed by atoms with Crippen LogP contribution in [-0.2, 0) is 13.1 Å². The number of para-hydroxylation sites is 2. The van der Waals surface area contributed by atoms with Crippen LogP contribution in [0.25, 0.3) is 0 Å². The van der Waals surface area contributed by atoms with Gasteiger partial charge in [-0.3, -0.25) is 4.90 Å². The van der Waals surface area contributed by atoms with Crippen LogP contribution in [-0.4, -0.2) is 36.4 Å². The second-order valence-electron chi connectivity index (χ2n) is 6.39. The average Bonchev–Trinajstić information content (AvgIpc) is 3.32. The maximum Gasteiger partial charge on any atom is 0.161 e. The molecule has 0 saturated heterocycles. The minimum atomic E-state index is -0.634. The third kappa shape index (κ3) is 5.60. The van der Waals surface area contributed by atoms with Crippen molar-refractivity contribution in [2.24, 2.45) is 0 Å². The molecule has 0 bridgehead atoms. The van der Waals surface area contributed by atoms with Gasteiger partial charge in [0.25, 0.3) is 0 Å². The van der Waals surface area contributed by atoms with Gasteiger partial charge in [0.2, 0.25) is 0 Å². The summed E-state index contributed by atoms with van der Waals surface area (Å²) in [5, 5.41) is 12.6. The predicted molar refractivity (Wildman–Crippen MR) is 106 cm³/mol. The van der Waals surface area contributed by atoms with E-state index in [1.54, 1.807) is 24.7 Å². The standard InChI is InChI=1S/C21H25NO4S/c1-16-9-11-27-21(16)14-22(13-18-6-5-10-25-18)12-17(23)15-26-20-8-4-3-7-19(20)24-2/h3-11,17,23H,12-15H2,1-2H3. The Morgan fingerprint density at radius 1 is 1.11 bits per heavy atom. The highest BCUT2D eigenvalue weighted by Gasteiger charge is 2.17. The Labute approximate surface area is 163 Å². The van der Waals surface area contributed by atoms with Crippen LogP contribution in [0.15, 0.2) is 58.5 Å². The van der Waals surface area contributed by atoms with Crippen LogP contribution in [0.4, 0.5) is 0 Å². The molecular weight excluding hydrogens is 362 g/mol. The summed E-state index contributed by atoms with van der Waals surface area (Å²) in [6, 6.07) is 13.4. The van der Waals surface area contributed by atoms with Gasteiger partial charge in [-0.25, -0.2) is 0 Å². The Balaban J connectivity index is 1.61. The minimum absolute atomic E-state index is 0.193. The second kappa shape index (κ2) is 9.60. The molecule has 3 aromatic rings. The van der Waals surface area contributed by atoms with Crippen molar-refractivity contribution < 1.29 is 19.0 Å². The number of rotatable bonds is 10. The first-order chi connectivity index (χ1) is 13.2. The van der Waals surface area contributed by atoms with Crippen LogP contribution in [0.2, 0.25) is 0 Å². The van der Waals surface area contributed by atoms with E-state index in [0.29, 0.717) is 24.6 Å². The Morgan fingerprint density at radius 3 is 2.59 bits per heavy atom. The normalized spacial score (nSPS) is 12.3. The molecular formula is C21H25NO4S. The van der Waals surface area contributed by atoms with E-state index in [9.17, 15) is 5.11 Å². The van der Waals surface area contributed by atoms with Crippen molar-refractivity contribution in [3.05, 3.63) is 70.3 Å². The number of hydrogen-bond acceptors (Lipinski definition) is 6. The summed E-state index contributed by atoms with van der Waals surface area (Å²) < 4.78 is 16.5. The summed E-state index contributed by atoms with van der Waals surface area (Å²) in [7, 11) is 1.60. The zero-order chi connectivity index (χ0) is 19.1. The summed E-state index contributed by atoms with van der Waals surface area (Å²) in [6.45, 7) is 4.18. The highest BCUT2D eigenvalue weighted by molar-refractivity contribution is 7.10. The van der Waals surface area contributed by atoms with E-state index in [1.807, 2.05) is 36.4 Å². The van der Waals surface area contributed by atoms with Gasteiger partial charge in [-0.2, -0.15) is 0 Å². The molecule has 3 rings (SSSR count). The van der Waals surface area contributed by atoms with Crippen molar-refractivity contribution in [3.63, 3.8) is 0 Å². The van der Waals surface area contributed by atoms with E-state index in [0.717, 1.165) is 12.3 Å². The summed E-state index contributed by atoms with van der Waals surface area (Å²) >= 11 is 1.73. The first kappa shape index (κ1) is 19.5. The maximum atomic E-state index is 10.5. The van der Waals surface area contributed by atoms with Crippen molar-refractivity contribution in [3.8, 4) is 11.5 Å². The molecule has 0 aliphatic carbocycles. The van der Waals surface area contributed by atoms with Crippen molar-refractivity contribution in [2.45, 2.75) is 26.1 Å². The van der Waals surface area contributed by atoms with Crippen molar-refractivity contribution in [2.75, 3.05) is 20.3 Å². The molecule has 0 radical (unpaired) electrons. The van der Waals surface area contributed by atoms with Gasteiger partial charge < -0.3 is 19.0 Å². The molecule has 2 aromatic heterocycles. The average molecular weight is 388 g/mol. The van der Waals surface area contributed by atoms with Gasteiger partial charge >= 0.3 is 0 Å². The van der Waals surface area contributed by atoms with Gasteiger partial charge in [-0.05, 0) is 48.2 Å². The number of ether oxygens (including phenoxy) is 2. The molecule has 1 atom stereocenters. The topological polar surface area (TPSA) is 55.1 Å². The molecule has 1 unspecified atom stereocenters. The lowest BCUT2D eigenvalue weighted by Crippen LogP contribution is -2.35. The molecule has 0 fully saturated rings. The van der Waals surface area contributed by atoms with Gasteiger partial charge in [0.05, 0.1) is 19.9 Å². The van der Waals surface area contributed by atoms with E-state index >= 15 is 0 Å². The molecule has 0 aliphatic rings. The fraction of sp³-hybridized carbons (Fsp3) is 0.333. The molecule has 144 valence electrons. The maximum absolute atomic E-state index is 10.5. The van der Waals surface area contributed by atoms with Gasteiger partial charge in [0.1, 0.15) is 18.5 Å². The van der Waals surface area contributed by atoms with Gasteiger partial charge in [0, 0.05) is 18.0 Å². The van der Waals surface area contributed by atoms with Gasteiger partial charge in [-0.15, -0.1) is 11.3 Å². The van der Waals surface area contributed by atoms with Crippen molar-refractivity contribution in [1.82, 2.24) is 4.90 Å². The summed E-state index contributed by atoms with van der Waals surface area (Å²) in [5.74, 6) is 2.17. The quantitative estimate of drug-likeness (QED) is 0.568. The third-order valence-corrected chi connectivity index (χ3v) is 5.27. The number of methoxy groups -OCH3 is 1. The predicted octanol–water partition coefficient (Wildman–Crippen LogP) is 4.10. The Kier molecular flexibility index (Phi) is 6.92. The molecule has 2 heterocycles. The smallest absolute Gasteiger partial charge is 0.161 e. The fourth-order valence-electron chi connectivity index (χ4n) is 2.85. The van der Waals surface area contributed by atoms with E-state index in [1.165, 1.54) is 10.4 Å². The monoisotopic (exact) mass is 387 g/mol. The van der Waals surface area contributed by atoms with Crippen LogP contribution < -0.4 is 9.47 Å². The summed E-state index contributed by atoms with van der Waals surface area (Å²) in [4.78, 5) is 3.47. The van der Waals surface area contributed by atoms with Crippen molar-refractivity contribution in [1.29, 1.82) is 0 Å². The number of nitrogens with zero attached hydrogens (tertiary/aromatic N) is 1. The number of thiophene rings is 1. The molecule has 27 heavy (non-hydrogen) atoms. The Bertz CT molecular complexity index is 815. The van der Waals surface area contributed by atoms with E-state index < -0.39 is 6.10 Å². The summed E-state index contributed by atoms with van der Waals surface area (Å²) in [6.07, 6.45) is 1.04. The number of furan rings is 1. The first-order valence-electron chi connectivity index (χ1n) is 8.87. The van der Waals surface area contributed by atoms with E-state index in [4.69, 9.17) is 13.9 Å². The Morgan fingerprint density at radius 2 is 1.93 bits per heavy atom. The van der Waals surface area contributed by atoms with Crippen LogP contribution in [0.3, 0.4) is 0 Å². The lowest BCUT2D eigenvalue weighted by molar-refractivity contribution is 0.0599. The largest absolute Gasteiger partial charge is 0.493 e. The van der Waals surface area contributed by atoms with Crippen LogP contribution in [0.5, 0.6) is 11.5 Å². The molecule has 1 N–H and O–H groups in total. The van der Waals surface area contributed by atoms with E-state index in [-0.39, 0.29) is 6.61 Å². The molecule has 0 amide bonds. The molecule has 0 spiro atoms. The van der Waals surface area contributed by atoms with Gasteiger partial charge in [0.15, 0.2) is 11.5 Å². The van der Waals surface area contributed by atoms with Crippen LogP contribution in [0, 0.1) is 6.92 Å². The molecule has 5 nitrogen and oxygen atoms in total. The fourth-order valence-corrected chi connectivity index (χ4v) is 3.80. The van der Waals surface area contributed by atoms with Crippen LogP contribution >= 0.6 is 11.3 Å². The highest BCUT2D eigenvalue weighted by Crippen LogP contribution is 2.26. The number of aryl methyl sites for hydroxylation is 1. The molecule has 0 aliphatic heterocycles. The molecule has 1 aromatic carbocycles. The molecule has 0 saturated carbocycles. The summed E-state index contributed by atoms with van der Waals surface area (Å²) in [5.41, 5.74) is 1.27. The van der Waals surface area contributed by atoms with Gasteiger partial charge in [-0.1, -0.05) is 12.1 Å². The second-order valence-corrected chi connectivity index (χ2v) is 7.39. The number of hydrogen-bond donors (Lipinski definition) is 1. The number of aliphatic hydroxyl groups is 1. The van der Waals surface area contributed by atoms with E-state index in [2.05, 4.69) is 23.3 Å². The zero-order valence-corrected chi connectivity index (χ0v) is 16.4. The number of benzene rings is 1. The first-order valence-corrected chi connectivity index (χ1v) is 9.75. The third-order valence-electron chi connectivity index (χ3n) is 4.26. The lowest BCUT2D eigenvalue weighted by atomic mass is 10.2. The zero-order valence-electron chi connectivity index (χ0n) is 15.6. The molecule has 6 heteroatoms. The SMILES string of the molecule is COc1ccccc1OCC(O)CN(Cc1ccco1)Cc1sccc1C. The Hall–Kier alpha value is -2.28. The van der Waals surface area contributed by atoms with Crippen molar-refractivity contribution >= 4 is 11.3 Å². The number of aliphatic hydroxyl groups excluding tert-OH is 1. The highest BCUT2D eigenvalue weighted by atomic mass is 32.1. The minimum Gasteiger partial charge on any atom is -0.493 e. The van der Waals surface area contributed by atoms with Crippen LogP contribution in [0.1, 0.15) is 16.2 Å². The lowest BCUT2D eigenvalue weighted by Gasteiger charge is -2.24.